The van der Waals surface area contributed by atoms with Crippen molar-refractivity contribution in [3.05, 3.63) is 11.2 Å². The van der Waals surface area contributed by atoms with Crippen LogP contribution in [-0.2, 0) is 0 Å². The molecule has 0 aromatic carbocycles. The van der Waals surface area contributed by atoms with Crippen LogP contribution in [0.2, 0.25) is 5.15 Å². The van der Waals surface area contributed by atoms with Crippen LogP contribution in [0.5, 0.6) is 0 Å². The number of thioether (sulfide) groups is 2. The number of nitrogens with zero attached hydrogens (tertiary/aromatic N) is 2. The van der Waals surface area contributed by atoms with Crippen LogP contribution in [-0.4, -0.2) is 34.6 Å². The fourth-order valence-corrected chi connectivity index (χ4v) is 3.26. The maximum absolute atomic E-state index is 5.92. The first-order valence-corrected chi connectivity index (χ1v) is 7.22. The molecular weight excluding hydrogens is 285 g/mol. The van der Waals surface area contributed by atoms with Crippen LogP contribution in [0.3, 0.4) is 0 Å². The van der Waals surface area contributed by atoms with Gasteiger partial charge in [-0.05, 0) is 19.2 Å². The van der Waals surface area contributed by atoms with Crippen molar-refractivity contribution in [3.8, 4) is 0 Å². The van der Waals surface area contributed by atoms with Crippen LogP contribution < -0.4 is 5.32 Å². The maximum atomic E-state index is 5.92. The lowest BCUT2D eigenvalue weighted by Crippen LogP contribution is -2.10. The second-order valence-corrected chi connectivity index (χ2v) is 5.73. The van der Waals surface area contributed by atoms with Gasteiger partial charge in [-0.15, -0.1) is 24.2 Å². The van der Waals surface area contributed by atoms with Crippen molar-refractivity contribution < 1.29 is 0 Å². The normalized spacial score (nSPS) is 19.5. The Morgan fingerprint density at radius 1 is 1.50 bits per heavy atom. The second-order valence-electron chi connectivity index (χ2n) is 3.25. The molecule has 1 saturated heterocycles. The molecule has 0 amide bonds. The minimum atomic E-state index is 0. The molecule has 0 bridgehead atoms. The van der Waals surface area contributed by atoms with Crippen LogP contribution in [0.15, 0.2) is 16.2 Å². The molecule has 0 unspecified atom stereocenters. The summed E-state index contributed by atoms with van der Waals surface area (Å²) in [5.41, 5.74) is 0. The lowest BCUT2D eigenvalue weighted by molar-refractivity contribution is 0.857. The van der Waals surface area contributed by atoms with E-state index in [0.29, 0.717) is 10.4 Å². The third kappa shape index (κ3) is 3.96. The zero-order valence-corrected chi connectivity index (χ0v) is 12.0. The fourth-order valence-electron chi connectivity index (χ4n) is 1.43. The standard InChI is InChI=1S/C9H12ClN3S2.ClH/c1-14-9-12-7(10)4-8(13-9)15-6-2-3-11-5-6;/h4,6,11H,2-3,5H2,1H3;1H/t6-;/m1./s1. The Bertz CT molecular complexity index is 346. The molecule has 90 valence electrons. The molecule has 1 fully saturated rings. The molecule has 1 atom stereocenters. The van der Waals surface area contributed by atoms with Crippen LogP contribution in [0, 0.1) is 0 Å². The molecule has 1 aliphatic rings. The summed E-state index contributed by atoms with van der Waals surface area (Å²) in [4.78, 5) is 8.53. The molecule has 0 aliphatic carbocycles. The largest absolute Gasteiger partial charge is 0.316 e. The molecule has 7 heteroatoms. The van der Waals surface area contributed by atoms with Crippen LogP contribution >= 0.6 is 47.5 Å². The van der Waals surface area contributed by atoms with Gasteiger partial charge in [0.1, 0.15) is 10.2 Å². The molecule has 0 spiro atoms. The minimum absolute atomic E-state index is 0. The van der Waals surface area contributed by atoms with Gasteiger partial charge >= 0.3 is 0 Å². The predicted octanol–water partition coefficient (Wildman–Crippen LogP) is 2.73. The lowest BCUT2D eigenvalue weighted by atomic mass is 10.4. The molecule has 2 heterocycles. The Kier molecular flexibility index (Phi) is 6.21. The molecule has 1 aromatic rings. The van der Waals surface area contributed by atoms with E-state index in [1.165, 1.54) is 18.2 Å². The minimum Gasteiger partial charge on any atom is -0.316 e. The van der Waals surface area contributed by atoms with Gasteiger partial charge in [-0.1, -0.05) is 23.4 Å². The van der Waals surface area contributed by atoms with Crippen molar-refractivity contribution in [2.45, 2.75) is 21.9 Å². The smallest absolute Gasteiger partial charge is 0.189 e. The van der Waals surface area contributed by atoms with Gasteiger partial charge in [-0.25, -0.2) is 9.97 Å². The summed E-state index contributed by atoms with van der Waals surface area (Å²) in [6, 6.07) is 1.84. The highest BCUT2D eigenvalue weighted by Crippen LogP contribution is 2.28. The highest BCUT2D eigenvalue weighted by molar-refractivity contribution is 8.00. The molecule has 16 heavy (non-hydrogen) atoms. The van der Waals surface area contributed by atoms with E-state index in [-0.39, 0.29) is 12.4 Å². The summed E-state index contributed by atoms with van der Waals surface area (Å²) in [6.45, 7) is 2.16. The summed E-state index contributed by atoms with van der Waals surface area (Å²) < 4.78 is 0. The first-order chi connectivity index (χ1) is 7.28. The van der Waals surface area contributed by atoms with E-state index >= 15 is 0 Å². The number of aromatic nitrogens is 2. The van der Waals surface area contributed by atoms with Crippen molar-refractivity contribution in [2.75, 3.05) is 19.3 Å². The SMILES string of the molecule is CSc1nc(Cl)cc(S[C@@H]2CCNC2)n1.Cl. The average molecular weight is 298 g/mol. The number of hydrogen-bond acceptors (Lipinski definition) is 5. The van der Waals surface area contributed by atoms with E-state index in [0.717, 1.165) is 23.3 Å². The first kappa shape index (κ1) is 14.4. The Hall–Kier alpha value is 0.320. The average Bonchev–Trinajstić information content (AvgIpc) is 2.69. The second kappa shape index (κ2) is 6.91. The van der Waals surface area contributed by atoms with E-state index in [2.05, 4.69) is 15.3 Å². The zero-order chi connectivity index (χ0) is 10.7. The number of halogens is 2. The fraction of sp³-hybridized carbons (Fsp3) is 0.556. The lowest BCUT2D eigenvalue weighted by Gasteiger charge is -2.07. The predicted molar refractivity (Wildman–Crippen MR) is 73.2 cm³/mol. The van der Waals surface area contributed by atoms with Gasteiger partial charge in [0.25, 0.3) is 0 Å². The Morgan fingerprint density at radius 3 is 2.94 bits per heavy atom. The van der Waals surface area contributed by atoms with E-state index < -0.39 is 0 Å². The molecule has 0 radical (unpaired) electrons. The monoisotopic (exact) mass is 297 g/mol. The van der Waals surface area contributed by atoms with Gasteiger partial charge in [0.2, 0.25) is 0 Å². The topological polar surface area (TPSA) is 37.8 Å². The number of hydrogen-bond donors (Lipinski definition) is 1. The maximum Gasteiger partial charge on any atom is 0.189 e. The van der Waals surface area contributed by atoms with Crippen LogP contribution in [0.4, 0.5) is 0 Å². The summed E-state index contributed by atoms with van der Waals surface area (Å²) in [5.74, 6) is 0. The van der Waals surface area contributed by atoms with Crippen LogP contribution in [0.1, 0.15) is 6.42 Å². The summed E-state index contributed by atoms with van der Waals surface area (Å²) in [7, 11) is 0. The summed E-state index contributed by atoms with van der Waals surface area (Å²) in [6.07, 6.45) is 3.15. The molecule has 1 aliphatic heterocycles. The third-order valence-electron chi connectivity index (χ3n) is 2.14. The molecule has 1 N–H and O–H groups in total. The van der Waals surface area contributed by atoms with Crippen molar-refractivity contribution in [1.29, 1.82) is 0 Å². The van der Waals surface area contributed by atoms with Gasteiger partial charge in [0.05, 0.1) is 0 Å². The molecular formula is C9H13Cl2N3S2. The van der Waals surface area contributed by atoms with Crippen molar-refractivity contribution >= 4 is 47.5 Å². The third-order valence-corrected chi connectivity index (χ3v) is 4.06. The van der Waals surface area contributed by atoms with Gasteiger partial charge in [-0.3, -0.25) is 0 Å². The Balaban J connectivity index is 0.00000128. The van der Waals surface area contributed by atoms with Crippen molar-refractivity contribution in [3.63, 3.8) is 0 Å². The summed E-state index contributed by atoms with van der Waals surface area (Å²) >= 11 is 9.22. The van der Waals surface area contributed by atoms with Crippen molar-refractivity contribution in [1.82, 2.24) is 15.3 Å². The quantitative estimate of drug-likeness (QED) is 0.527. The molecule has 0 saturated carbocycles. The summed E-state index contributed by atoms with van der Waals surface area (Å²) in [5, 5.41) is 6.21. The van der Waals surface area contributed by atoms with Gasteiger partial charge < -0.3 is 5.32 Å². The van der Waals surface area contributed by atoms with E-state index in [1.807, 2.05) is 12.3 Å². The Morgan fingerprint density at radius 2 is 2.31 bits per heavy atom. The van der Waals surface area contributed by atoms with Crippen molar-refractivity contribution in [2.24, 2.45) is 0 Å². The first-order valence-electron chi connectivity index (χ1n) is 4.74. The van der Waals surface area contributed by atoms with Gasteiger partial charge in [0.15, 0.2) is 5.16 Å². The van der Waals surface area contributed by atoms with E-state index in [9.17, 15) is 0 Å². The van der Waals surface area contributed by atoms with Gasteiger partial charge in [0, 0.05) is 17.9 Å². The highest BCUT2D eigenvalue weighted by atomic mass is 35.5. The Labute approximate surface area is 115 Å². The number of nitrogens with one attached hydrogen (secondary N) is 1. The molecule has 2 rings (SSSR count). The molecule has 1 aromatic heterocycles. The van der Waals surface area contributed by atoms with E-state index in [1.54, 1.807) is 11.8 Å². The molecule has 3 nitrogen and oxygen atoms in total. The van der Waals surface area contributed by atoms with Gasteiger partial charge in [-0.2, -0.15) is 0 Å². The number of rotatable bonds is 3. The highest BCUT2D eigenvalue weighted by Gasteiger charge is 2.16. The van der Waals surface area contributed by atoms with E-state index in [4.69, 9.17) is 11.6 Å². The zero-order valence-electron chi connectivity index (χ0n) is 8.77. The van der Waals surface area contributed by atoms with Crippen LogP contribution in [0.25, 0.3) is 0 Å².